The van der Waals surface area contributed by atoms with Crippen molar-refractivity contribution >= 4 is 33.8 Å². The summed E-state index contributed by atoms with van der Waals surface area (Å²) in [6, 6.07) is 17.8. The molecule has 0 spiro atoms. The van der Waals surface area contributed by atoms with Gasteiger partial charge in [0.2, 0.25) is 11.3 Å². The molecule has 1 saturated heterocycles. The van der Waals surface area contributed by atoms with Crippen molar-refractivity contribution in [3.8, 4) is 11.8 Å². The van der Waals surface area contributed by atoms with E-state index >= 15 is 0 Å². The third-order valence-corrected chi connectivity index (χ3v) is 8.64. The predicted octanol–water partition coefficient (Wildman–Crippen LogP) is 2.63. The van der Waals surface area contributed by atoms with Crippen LogP contribution in [0.4, 0.5) is 10.1 Å². The summed E-state index contributed by atoms with van der Waals surface area (Å²) in [6.07, 6.45) is -0.247. The van der Waals surface area contributed by atoms with Gasteiger partial charge in [-0.05, 0) is 67.1 Å². The van der Waals surface area contributed by atoms with Crippen LogP contribution in [0.25, 0.3) is 10.9 Å². The Bertz CT molecular complexity index is 1920. The fourth-order valence-corrected chi connectivity index (χ4v) is 6.16. The number of anilines is 1. The van der Waals surface area contributed by atoms with Gasteiger partial charge < -0.3 is 10.0 Å². The number of halogens is 1. The molecule has 0 radical (unpaired) electrons. The Morgan fingerprint density at radius 2 is 1.60 bits per heavy atom. The first-order chi connectivity index (χ1) is 21.5. The zero-order valence-corrected chi connectivity index (χ0v) is 25.5. The average Bonchev–Trinajstić information content (AvgIpc) is 3.02. The van der Waals surface area contributed by atoms with Crippen LogP contribution in [-0.4, -0.2) is 70.6 Å². The highest BCUT2D eigenvalue weighted by Crippen LogP contribution is 2.20. The van der Waals surface area contributed by atoms with Gasteiger partial charge in [0, 0.05) is 56.1 Å². The number of hydrogen-bond donors (Lipinski definition) is 2. The lowest BCUT2D eigenvalue weighted by atomic mass is 10.1. The number of rotatable bonds is 8. The van der Waals surface area contributed by atoms with Gasteiger partial charge in [-0.15, -0.1) is 4.41 Å². The number of aliphatic carboxylic acids is 1. The number of fused-ring (bicyclic) bond motifs is 1. The number of nitrogens with zero attached hydrogens (tertiary/aromatic N) is 5. The van der Waals surface area contributed by atoms with Gasteiger partial charge >= 0.3 is 11.7 Å². The van der Waals surface area contributed by atoms with Crippen LogP contribution in [0.5, 0.6) is 0 Å². The molecule has 11 nitrogen and oxygen atoms in total. The zero-order chi connectivity index (χ0) is 32.2. The molecule has 3 aromatic carbocycles. The van der Waals surface area contributed by atoms with Gasteiger partial charge in [0.15, 0.2) is 0 Å². The summed E-state index contributed by atoms with van der Waals surface area (Å²) in [4.78, 5) is 39.5. The van der Waals surface area contributed by atoms with Crippen molar-refractivity contribution in [3.05, 3.63) is 110 Å². The number of benzene rings is 3. The molecule has 4 aromatic rings. The largest absolute Gasteiger partial charge is 0.481 e. The first-order valence-electron chi connectivity index (χ1n) is 14.2. The van der Waals surface area contributed by atoms with Crippen molar-refractivity contribution in [2.75, 3.05) is 31.1 Å². The number of carboxylic acid groups (broad SMARTS) is 1. The summed E-state index contributed by atoms with van der Waals surface area (Å²) in [5.74, 6) is 4.78. The van der Waals surface area contributed by atoms with Crippen molar-refractivity contribution in [1.82, 2.24) is 18.6 Å². The number of hydrogen-bond acceptors (Lipinski definition) is 6. The number of aromatic nitrogens is 2. The Morgan fingerprint density at radius 1 is 0.978 bits per heavy atom. The zero-order valence-electron chi connectivity index (χ0n) is 24.7. The predicted molar refractivity (Wildman–Crippen MR) is 169 cm³/mol. The standard InChI is InChI=1S/C32H32FN5O6S/c1-22(19-30(39)40)38(45(43)44)36-17-15-35(16-18-36)27-12-7-23(8-13-27)3-4-24-9-14-29-28(20-24)31(41)37(32(42)34(29)2)21-25-5-10-26(33)11-6-25/h5-14,20,22H,15-19,21H2,1-2H3,(H,39,40)(H,43,44). The molecular weight excluding hydrogens is 601 g/mol. The van der Waals surface area contributed by atoms with E-state index in [1.807, 2.05) is 24.3 Å². The van der Waals surface area contributed by atoms with E-state index in [0.717, 1.165) is 15.8 Å². The molecule has 1 aromatic heterocycles. The molecule has 1 aliphatic heterocycles. The third kappa shape index (κ3) is 7.21. The van der Waals surface area contributed by atoms with Crippen molar-refractivity contribution < 1.29 is 23.1 Å². The lowest BCUT2D eigenvalue weighted by Crippen LogP contribution is -2.57. The number of piperazine rings is 1. The SMILES string of the molecule is CC(CC(=O)O)N(N1CCN(c2ccc(C#Cc3ccc4c(c3)c(=O)n(Cc3ccc(F)cc3)c(=O)n4C)cc2)CC1)S(=O)O. The van der Waals surface area contributed by atoms with Crippen molar-refractivity contribution in [2.24, 2.45) is 7.05 Å². The molecule has 2 heterocycles. The van der Waals surface area contributed by atoms with E-state index in [-0.39, 0.29) is 13.0 Å². The molecular formula is C32H32FN5O6S. The van der Waals surface area contributed by atoms with Gasteiger partial charge in [-0.1, -0.05) is 24.0 Å². The maximum absolute atomic E-state index is 13.3. The molecule has 0 amide bonds. The fraction of sp³-hybridized carbons (Fsp3) is 0.281. The minimum atomic E-state index is -2.33. The van der Waals surface area contributed by atoms with Crippen LogP contribution >= 0.6 is 0 Å². The van der Waals surface area contributed by atoms with Gasteiger partial charge in [-0.3, -0.25) is 23.3 Å². The van der Waals surface area contributed by atoms with E-state index < -0.39 is 40.3 Å². The number of hydrazine groups is 1. The highest BCUT2D eigenvalue weighted by Gasteiger charge is 2.30. The molecule has 234 valence electrons. The topological polar surface area (TPSA) is 128 Å². The molecule has 2 N–H and O–H groups in total. The maximum atomic E-state index is 13.3. The van der Waals surface area contributed by atoms with Crippen LogP contribution < -0.4 is 16.1 Å². The Hall–Kier alpha value is -4.61. The molecule has 0 aliphatic carbocycles. The molecule has 0 bridgehead atoms. The summed E-state index contributed by atoms with van der Waals surface area (Å²) in [5.41, 5.74) is 2.53. The second kappa shape index (κ2) is 13.6. The smallest absolute Gasteiger partial charge is 0.331 e. The van der Waals surface area contributed by atoms with E-state index in [1.165, 1.54) is 33.2 Å². The summed E-state index contributed by atoms with van der Waals surface area (Å²) in [6.45, 7) is 3.70. The highest BCUT2D eigenvalue weighted by molar-refractivity contribution is 7.76. The summed E-state index contributed by atoms with van der Waals surface area (Å²) >= 11 is -2.33. The maximum Gasteiger partial charge on any atom is 0.331 e. The molecule has 1 aliphatic rings. The molecule has 0 saturated carbocycles. The lowest BCUT2D eigenvalue weighted by molar-refractivity contribution is -0.139. The highest BCUT2D eigenvalue weighted by atomic mass is 32.2. The van der Waals surface area contributed by atoms with Gasteiger partial charge in [0.05, 0.1) is 23.9 Å². The summed E-state index contributed by atoms with van der Waals surface area (Å²) in [7, 11) is 1.60. The lowest BCUT2D eigenvalue weighted by Gasteiger charge is -2.41. The van der Waals surface area contributed by atoms with Gasteiger partial charge in [-0.25, -0.2) is 18.4 Å². The number of carbonyl (C=O) groups is 1. The van der Waals surface area contributed by atoms with Crippen LogP contribution in [0.2, 0.25) is 0 Å². The molecule has 1 fully saturated rings. The first kappa shape index (κ1) is 31.8. The van der Waals surface area contributed by atoms with Crippen molar-refractivity contribution in [2.45, 2.75) is 25.9 Å². The van der Waals surface area contributed by atoms with Gasteiger partial charge in [0.25, 0.3) is 5.56 Å². The van der Waals surface area contributed by atoms with E-state index in [1.54, 1.807) is 37.2 Å². The molecule has 2 atom stereocenters. The van der Waals surface area contributed by atoms with Crippen LogP contribution in [0.1, 0.15) is 30.0 Å². The quantitative estimate of drug-likeness (QED) is 0.224. The first-order valence-corrected chi connectivity index (χ1v) is 15.3. The van der Waals surface area contributed by atoms with Gasteiger partial charge in [0.1, 0.15) is 5.82 Å². The van der Waals surface area contributed by atoms with E-state index in [9.17, 15) is 27.5 Å². The number of aryl methyl sites for hydroxylation is 1. The average molecular weight is 634 g/mol. The molecule has 45 heavy (non-hydrogen) atoms. The van der Waals surface area contributed by atoms with E-state index in [4.69, 9.17) is 5.11 Å². The Balaban J connectivity index is 1.29. The minimum absolute atomic E-state index is 0.0159. The second-order valence-corrected chi connectivity index (χ2v) is 11.6. The Kier molecular flexibility index (Phi) is 9.60. The van der Waals surface area contributed by atoms with E-state index in [0.29, 0.717) is 48.2 Å². The Morgan fingerprint density at radius 3 is 2.22 bits per heavy atom. The molecule has 5 rings (SSSR count). The summed E-state index contributed by atoms with van der Waals surface area (Å²) < 4.78 is 38.8. The fourth-order valence-electron chi connectivity index (χ4n) is 5.42. The van der Waals surface area contributed by atoms with Crippen LogP contribution in [0.15, 0.2) is 76.3 Å². The minimum Gasteiger partial charge on any atom is -0.481 e. The van der Waals surface area contributed by atoms with Crippen molar-refractivity contribution in [3.63, 3.8) is 0 Å². The Labute approximate surface area is 261 Å². The second-order valence-electron chi connectivity index (χ2n) is 10.8. The van der Waals surface area contributed by atoms with E-state index in [2.05, 4.69) is 16.7 Å². The van der Waals surface area contributed by atoms with Crippen LogP contribution in [-0.2, 0) is 29.7 Å². The van der Waals surface area contributed by atoms with Crippen LogP contribution in [0.3, 0.4) is 0 Å². The van der Waals surface area contributed by atoms with Gasteiger partial charge in [-0.2, -0.15) is 0 Å². The molecule has 13 heteroatoms. The van der Waals surface area contributed by atoms with Crippen molar-refractivity contribution in [1.29, 1.82) is 0 Å². The third-order valence-electron chi connectivity index (χ3n) is 7.73. The molecule has 2 unspecified atom stereocenters. The van der Waals surface area contributed by atoms with Crippen LogP contribution in [0, 0.1) is 17.7 Å². The normalized spacial score (nSPS) is 15.1. The summed E-state index contributed by atoms with van der Waals surface area (Å²) in [5, 5.41) is 11.2. The number of carboxylic acids is 1. The monoisotopic (exact) mass is 633 g/mol.